The number of H-pyrrole nitrogens is 1. The molecule has 0 saturated heterocycles. The minimum absolute atomic E-state index is 0.0336. The highest BCUT2D eigenvalue weighted by molar-refractivity contribution is 5.35. The molecule has 0 fully saturated rings. The van der Waals surface area contributed by atoms with E-state index in [4.69, 9.17) is 4.74 Å². The van der Waals surface area contributed by atoms with Crippen molar-refractivity contribution in [3.05, 3.63) is 51.4 Å². The summed E-state index contributed by atoms with van der Waals surface area (Å²) in [7, 11) is 0. The summed E-state index contributed by atoms with van der Waals surface area (Å²) in [5.41, 5.74) is 2.76. The van der Waals surface area contributed by atoms with Crippen molar-refractivity contribution in [2.45, 2.75) is 26.3 Å². The van der Waals surface area contributed by atoms with Crippen LogP contribution in [0.1, 0.15) is 23.7 Å². The summed E-state index contributed by atoms with van der Waals surface area (Å²) in [4.78, 5) is 19.4. The maximum absolute atomic E-state index is 12.1. The molecule has 2 aromatic rings. The molecule has 3 rings (SSSR count). The van der Waals surface area contributed by atoms with Crippen LogP contribution in [0.4, 0.5) is 5.95 Å². The van der Waals surface area contributed by atoms with Gasteiger partial charge in [-0.1, -0.05) is 18.2 Å². The van der Waals surface area contributed by atoms with Crippen LogP contribution in [0.3, 0.4) is 0 Å². The minimum Gasteiger partial charge on any atom is -0.494 e. The molecule has 1 aromatic heterocycles. The molecule has 0 aliphatic carbocycles. The van der Waals surface area contributed by atoms with E-state index in [0.717, 1.165) is 42.0 Å². The second-order valence-corrected chi connectivity index (χ2v) is 5.48. The van der Waals surface area contributed by atoms with Gasteiger partial charge in [-0.15, -0.1) is 0 Å². The van der Waals surface area contributed by atoms with E-state index in [0.29, 0.717) is 25.6 Å². The Kier molecular flexibility index (Phi) is 4.92. The number of fused-ring (bicyclic) bond motifs is 1. The first kappa shape index (κ1) is 15.6. The smallest absolute Gasteiger partial charge is 0.255 e. The van der Waals surface area contributed by atoms with Crippen LogP contribution in [0.5, 0.6) is 5.75 Å². The van der Waals surface area contributed by atoms with Gasteiger partial charge in [0, 0.05) is 18.7 Å². The van der Waals surface area contributed by atoms with Crippen molar-refractivity contribution < 1.29 is 4.74 Å². The largest absolute Gasteiger partial charge is 0.494 e. The van der Waals surface area contributed by atoms with Gasteiger partial charge >= 0.3 is 0 Å². The molecule has 0 bridgehead atoms. The minimum atomic E-state index is -0.0336. The number of aromatic amines is 1. The van der Waals surface area contributed by atoms with Gasteiger partial charge in [-0.3, -0.25) is 9.78 Å². The molecule has 0 unspecified atom stereocenters. The van der Waals surface area contributed by atoms with Crippen LogP contribution in [0.15, 0.2) is 29.1 Å². The van der Waals surface area contributed by atoms with Gasteiger partial charge in [0.25, 0.3) is 5.56 Å². The Morgan fingerprint density at radius 3 is 3.09 bits per heavy atom. The third kappa shape index (κ3) is 3.71. The van der Waals surface area contributed by atoms with E-state index >= 15 is 0 Å². The lowest BCUT2D eigenvalue weighted by Crippen LogP contribution is -2.31. The molecule has 0 amide bonds. The van der Waals surface area contributed by atoms with E-state index in [1.54, 1.807) is 0 Å². The summed E-state index contributed by atoms with van der Waals surface area (Å²) < 4.78 is 5.62. The first-order chi connectivity index (χ1) is 11.3. The van der Waals surface area contributed by atoms with Crippen LogP contribution in [0.2, 0.25) is 0 Å². The van der Waals surface area contributed by atoms with Crippen LogP contribution in [-0.2, 0) is 19.4 Å². The quantitative estimate of drug-likeness (QED) is 0.752. The number of para-hydroxylation sites is 1. The topological polar surface area (TPSA) is 79.0 Å². The van der Waals surface area contributed by atoms with Gasteiger partial charge in [-0.25, -0.2) is 4.98 Å². The monoisotopic (exact) mass is 314 g/mol. The molecule has 3 N–H and O–H groups in total. The lowest BCUT2D eigenvalue weighted by atomic mass is 10.1. The zero-order chi connectivity index (χ0) is 16.1. The van der Waals surface area contributed by atoms with E-state index in [9.17, 15) is 4.79 Å². The second-order valence-electron chi connectivity index (χ2n) is 5.48. The summed E-state index contributed by atoms with van der Waals surface area (Å²) in [5.74, 6) is 1.44. The molecule has 0 atom stereocenters. The molecule has 0 saturated carbocycles. The molecule has 0 spiro atoms. The summed E-state index contributed by atoms with van der Waals surface area (Å²) in [5, 5.41) is 6.44. The van der Waals surface area contributed by atoms with Crippen molar-refractivity contribution in [1.82, 2.24) is 15.3 Å². The molecule has 6 heteroatoms. The summed E-state index contributed by atoms with van der Waals surface area (Å²) >= 11 is 0. The number of benzene rings is 1. The molecule has 1 aliphatic heterocycles. The maximum atomic E-state index is 12.1. The molecule has 122 valence electrons. The van der Waals surface area contributed by atoms with Crippen molar-refractivity contribution in [2.24, 2.45) is 0 Å². The van der Waals surface area contributed by atoms with Crippen molar-refractivity contribution in [3.63, 3.8) is 0 Å². The molecule has 6 nitrogen and oxygen atoms in total. The second kappa shape index (κ2) is 7.28. The van der Waals surface area contributed by atoms with E-state index in [1.807, 2.05) is 25.1 Å². The fourth-order valence-electron chi connectivity index (χ4n) is 2.77. The third-order valence-electron chi connectivity index (χ3n) is 3.90. The normalized spacial score (nSPS) is 13.4. The van der Waals surface area contributed by atoms with Crippen molar-refractivity contribution >= 4 is 5.95 Å². The molecular weight excluding hydrogens is 292 g/mol. The van der Waals surface area contributed by atoms with Gasteiger partial charge in [-0.2, -0.15) is 0 Å². The standard InChI is InChI=1S/C17H22N4O2/c1-2-23-15-6-4-3-5-12(15)7-10-19-17-20-14-11-18-9-8-13(14)16(22)21-17/h3-6,18H,2,7-11H2,1H3,(H2,19,20,21,22). The Balaban J connectivity index is 1.65. The van der Waals surface area contributed by atoms with Gasteiger partial charge in [-0.05, 0) is 37.9 Å². The van der Waals surface area contributed by atoms with Gasteiger partial charge in [0.1, 0.15) is 5.75 Å². The molecule has 1 aromatic carbocycles. The molecule has 23 heavy (non-hydrogen) atoms. The molecule has 1 aliphatic rings. The highest BCUT2D eigenvalue weighted by Gasteiger charge is 2.14. The number of nitrogens with zero attached hydrogens (tertiary/aromatic N) is 1. The predicted molar refractivity (Wildman–Crippen MR) is 90.1 cm³/mol. The lowest BCUT2D eigenvalue weighted by molar-refractivity contribution is 0.336. The highest BCUT2D eigenvalue weighted by atomic mass is 16.5. The summed E-state index contributed by atoms with van der Waals surface area (Å²) in [6.45, 7) is 4.79. The third-order valence-corrected chi connectivity index (χ3v) is 3.90. The summed E-state index contributed by atoms with van der Waals surface area (Å²) in [6, 6.07) is 8.00. The molecule has 0 radical (unpaired) electrons. The lowest BCUT2D eigenvalue weighted by Gasteiger charge is -2.16. The summed E-state index contributed by atoms with van der Waals surface area (Å²) in [6.07, 6.45) is 1.54. The number of hydrogen-bond donors (Lipinski definition) is 3. The van der Waals surface area contributed by atoms with E-state index in [-0.39, 0.29) is 5.56 Å². The van der Waals surface area contributed by atoms with Crippen LogP contribution in [0.25, 0.3) is 0 Å². The average Bonchev–Trinajstić information content (AvgIpc) is 2.57. The Bertz CT molecular complexity index is 727. The van der Waals surface area contributed by atoms with Crippen LogP contribution >= 0.6 is 0 Å². The van der Waals surface area contributed by atoms with E-state index < -0.39 is 0 Å². The zero-order valence-electron chi connectivity index (χ0n) is 13.3. The number of rotatable bonds is 6. The number of ether oxygens (including phenoxy) is 1. The number of nitrogens with one attached hydrogen (secondary N) is 3. The predicted octanol–water partition coefficient (Wildman–Crippen LogP) is 1.47. The van der Waals surface area contributed by atoms with Crippen LogP contribution < -0.4 is 20.9 Å². The number of aromatic nitrogens is 2. The first-order valence-corrected chi connectivity index (χ1v) is 8.05. The molecular formula is C17H22N4O2. The molecule has 2 heterocycles. The van der Waals surface area contributed by atoms with Crippen LogP contribution in [-0.4, -0.2) is 29.7 Å². The Hall–Kier alpha value is -2.34. The highest BCUT2D eigenvalue weighted by Crippen LogP contribution is 2.18. The van der Waals surface area contributed by atoms with Gasteiger partial charge in [0.05, 0.1) is 12.3 Å². The Labute approximate surface area is 135 Å². The number of hydrogen-bond acceptors (Lipinski definition) is 5. The van der Waals surface area contributed by atoms with Gasteiger partial charge in [0.2, 0.25) is 5.95 Å². The fourth-order valence-corrected chi connectivity index (χ4v) is 2.77. The Morgan fingerprint density at radius 1 is 1.35 bits per heavy atom. The SMILES string of the molecule is CCOc1ccccc1CCNc1nc2c(c(=O)[nH]1)CCNC2. The van der Waals surface area contributed by atoms with Gasteiger partial charge in [0.15, 0.2) is 0 Å². The van der Waals surface area contributed by atoms with E-state index in [1.165, 1.54) is 0 Å². The average molecular weight is 314 g/mol. The van der Waals surface area contributed by atoms with Crippen molar-refractivity contribution in [3.8, 4) is 5.75 Å². The van der Waals surface area contributed by atoms with E-state index in [2.05, 4.69) is 26.7 Å². The van der Waals surface area contributed by atoms with Crippen molar-refractivity contribution in [1.29, 1.82) is 0 Å². The zero-order valence-corrected chi connectivity index (χ0v) is 13.3. The maximum Gasteiger partial charge on any atom is 0.255 e. The first-order valence-electron chi connectivity index (χ1n) is 8.05. The van der Waals surface area contributed by atoms with Crippen molar-refractivity contribution in [2.75, 3.05) is 25.0 Å². The Morgan fingerprint density at radius 2 is 2.22 bits per heavy atom. The van der Waals surface area contributed by atoms with Gasteiger partial charge < -0.3 is 15.4 Å². The fraction of sp³-hybridized carbons (Fsp3) is 0.412. The number of anilines is 1. The van der Waals surface area contributed by atoms with Crippen LogP contribution in [0, 0.1) is 0 Å².